The zero-order valence-corrected chi connectivity index (χ0v) is 7.10. The van der Waals surface area contributed by atoms with Gasteiger partial charge in [0.2, 0.25) is 0 Å². The van der Waals surface area contributed by atoms with Crippen molar-refractivity contribution in [3.05, 3.63) is 38.9 Å². The largest absolute Gasteiger partial charge is 0.411 e. The molecule has 0 radical (unpaired) electrons. The van der Waals surface area contributed by atoms with Crippen molar-refractivity contribution in [1.29, 1.82) is 0 Å². The Bertz CT molecular complexity index is 365. The SMILES string of the molecule is O=[N+]([O-])c1cc(Cl)ccc1C=NO. The zero-order valence-electron chi connectivity index (χ0n) is 6.35. The van der Waals surface area contributed by atoms with Crippen molar-refractivity contribution < 1.29 is 10.1 Å². The summed E-state index contributed by atoms with van der Waals surface area (Å²) in [6.45, 7) is 0. The standard InChI is InChI=1S/C7H5ClN2O3/c8-6-2-1-5(4-9-11)7(3-6)10(12)13/h1-4,11H. The first-order valence-electron chi connectivity index (χ1n) is 3.26. The maximum absolute atomic E-state index is 10.5. The third-order valence-electron chi connectivity index (χ3n) is 1.39. The maximum Gasteiger partial charge on any atom is 0.279 e. The number of hydrogen-bond acceptors (Lipinski definition) is 4. The van der Waals surface area contributed by atoms with Crippen molar-refractivity contribution >= 4 is 23.5 Å². The fourth-order valence-electron chi connectivity index (χ4n) is 0.846. The van der Waals surface area contributed by atoms with Crippen molar-refractivity contribution in [3.63, 3.8) is 0 Å². The number of oxime groups is 1. The third kappa shape index (κ3) is 2.16. The zero-order chi connectivity index (χ0) is 9.84. The molecule has 0 heterocycles. The first-order valence-corrected chi connectivity index (χ1v) is 3.64. The summed E-state index contributed by atoms with van der Waals surface area (Å²) in [7, 11) is 0. The van der Waals surface area contributed by atoms with Crippen LogP contribution in [-0.4, -0.2) is 16.3 Å². The average molecular weight is 201 g/mol. The van der Waals surface area contributed by atoms with Crippen LogP contribution in [0.3, 0.4) is 0 Å². The van der Waals surface area contributed by atoms with Crippen LogP contribution in [0.15, 0.2) is 23.4 Å². The molecular formula is C7H5ClN2O3. The summed E-state index contributed by atoms with van der Waals surface area (Å²) in [5, 5.41) is 21.6. The van der Waals surface area contributed by atoms with E-state index >= 15 is 0 Å². The van der Waals surface area contributed by atoms with E-state index in [-0.39, 0.29) is 16.3 Å². The van der Waals surface area contributed by atoms with Crippen LogP contribution >= 0.6 is 11.6 Å². The Morgan fingerprint density at radius 1 is 1.62 bits per heavy atom. The molecule has 1 aromatic rings. The molecule has 0 aliphatic heterocycles. The Morgan fingerprint density at radius 3 is 2.85 bits per heavy atom. The molecule has 0 aromatic heterocycles. The summed E-state index contributed by atoms with van der Waals surface area (Å²) in [5.74, 6) is 0. The Morgan fingerprint density at radius 2 is 2.31 bits per heavy atom. The van der Waals surface area contributed by atoms with E-state index in [0.29, 0.717) is 0 Å². The van der Waals surface area contributed by atoms with Crippen LogP contribution < -0.4 is 0 Å². The molecule has 1 aromatic carbocycles. The highest BCUT2D eigenvalue weighted by Gasteiger charge is 2.12. The summed E-state index contributed by atoms with van der Waals surface area (Å²) in [4.78, 5) is 9.86. The van der Waals surface area contributed by atoms with E-state index in [1.807, 2.05) is 0 Å². The van der Waals surface area contributed by atoms with Gasteiger partial charge in [-0.3, -0.25) is 10.1 Å². The van der Waals surface area contributed by atoms with Crippen LogP contribution in [0, 0.1) is 10.1 Å². The highest BCUT2D eigenvalue weighted by atomic mass is 35.5. The van der Waals surface area contributed by atoms with Crippen molar-refractivity contribution in [3.8, 4) is 0 Å². The molecule has 0 fully saturated rings. The van der Waals surface area contributed by atoms with Gasteiger partial charge in [-0.05, 0) is 12.1 Å². The van der Waals surface area contributed by atoms with E-state index in [9.17, 15) is 10.1 Å². The topological polar surface area (TPSA) is 75.7 Å². The molecule has 68 valence electrons. The van der Waals surface area contributed by atoms with Crippen LogP contribution in [0.2, 0.25) is 5.02 Å². The minimum absolute atomic E-state index is 0.190. The molecule has 0 bridgehead atoms. The fraction of sp³-hybridized carbons (Fsp3) is 0. The maximum atomic E-state index is 10.5. The fourth-order valence-corrected chi connectivity index (χ4v) is 1.01. The van der Waals surface area contributed by atoms with Crippen molar-refractivity contribution in [2.75, 3.05) is 0 Å². The van der Waals surface area contributed by atoms with Gasteiger partial charge in [0.1, 0.15) is 0 Å². The predicted octanol–water partition coefficient (Wildman–Crippen LogP) is 2.06. The molecule has 0 unspecified atom stereocenters. The van der Waals surface area contributed by atoms with Gasteiger partial charge >= 0.3 is 0 Å². The molecule has 0 atom stereocenters. The number of rotatable bonds is 2. The van der Waals surface area contributed by atoms with Gasteiger partial charge < -0.3 is 5.21 Å². The second kappa shape index (κ2) is 3.86. The first-order chi connectivity index (χ1) is 6.15. The van der Waals surface area contributed by atoms with Crippen LogP contribution in [0.25, 0.3) is 0 Å². The quantitative estimate of drug-likeness (QED) is 0.344. The van der Waals surface area contributed by atoms with E-state index in [0.717, 1.165) is 6.21 Å². The van der Waals surface area contributed by atoms with E-state index in [1.54, 1.807) is 0 Å². The van der Waals surface area contributed by atoms with Crippen LogP contribution in [0.4, 0.5) is 5.69 Å². The normalized spacial score (nSPS) is 10.5. The van der Waals surface area contributed by atoms with Gasteiger partial charge in [0, 0.05) is 11.1 Å². The van der Waals surface area contributed by atoms with Gasteiger partial charge in [-0.15, -0.1) is 0 Å². The molecule has 1 N–H and O–H groups in total. The summed E-state index contributed by atoms with van der Waals surface area (Å²) in [6.07, 6.45) is 0.981. The van der Waals surface area contributed by atoms with Gasteiger partial charge in [0.15, 0.2) is 0 Å². The molecule has 0 aliphatic carbocycles. The summed E-state index contributed by atoms with van der Waals surface area (Å²) < 4.78 is 0. The molecule has 0 saturated heterocycles. The van der Waals surface area contributed by atoms with E-state index < -0.39 is 4.92 Å². The Balaban J connectivity index is 3.26. The molecular weight excluding hydrogens is 196 g/mol. The second-order valence-corrected chi connectivity index (χ2v) is 2.64. The number of nitrogens with zero attached hydrogens (tertiary/aromatic N) is 2. The summed E-state index contributed by atoms with van der Waals surface area (Å²) in [6, 6.07) is 4.07. The lowest BCUT2D eigenvalue weighted by atomic mass is 10.2. The van der Waals surface area contributed by atoms with Gasteiger partial charge in [-0.2, -0.15) is 0 Å². The van der Waals surface area contributed by atoms with Gasteiger partial charge in [0.05, 0.1) is 16.7 Å². The number of benzene rings is 1. The lowest BCUT2D eigenvalue weighted by Crippen LogP contribution is -1.94. The number of nitro groups is 1. The van der Waals surface area contributed by atoms with Crippen LogP contribution in [-0.2, 0) is 0 Å². The summed E-state index contributed by atoms with van der Waals surface area (Å²) >= 11 is 5.55. The van der Waals surface area contributed by atoms with E-state index in [2.05, 4.69) is 5.16 Å². The van der Waals surface area contributed by atoms with Crippen LogP contribution in [0.1, 0.15) is 5.56 Å². The summed E-state index contributed by atoms with van der Waals surface area (Å²) in [5.41, 5.74) is 0.0159. The lowest BCUT2D eigenvalue weighted by Gasteiger charge is -1.96. The van der Waals surface area contributed by atoms with Gasteiger partial charge in [-0.25, -0.2) is 0 Å². The number of hydrogen-bond donors (Lipinski definition) is 1. The lowest BCUT2D eigenvalue weighted by molar-refractivity contribution is -0.385. The first kappa shape index (κ1) is 9.47. The smallest absolute Gasteiger partial charge is 0.279 e. The monoisotopic (exact) mass is 200 g/mol. The highest BCUT2D eigenvalue weighted by Crippen LogP contribution is 2.21. The average Bonchev–Trinajstić information content (AvgIpc) is 2.08. The Kier molecular flexibility index (Phi) is 2.81. The molecule has 0 aliphatic rings. The molecule has 1 rings (SSSR count). The minimum atomic E-state index is -0.594. The molecule has 0 spiro atoms. The highest BCUT2D eigenvalue weighted by molar-refractivity contribution is 6.30. The van der Waals surface area contributed by atoms with Gasteiger partial charge in [0.25, 0.3) is 5.69 Å². The van der Waals surface area contributed by atoms with E-state index in [4.69, 9.17) is 16.8 Å². The predicted molar refractivity (Wildman–Crippen MR) is 47.5 cm³/mol. The van der Waals surface area contributed by atoms with Crippen molar-refractivity contribution in [2.24, 2.45) is 5.16 Å². The van der Waals surface area contributed by atoms with Gasteiger partial charge in [-0.1, -0.05) is 16.8 Å². The Labute approximate surface area is 78.4 Å². The number of nitro benzene ring substituents is 1. The van der Waals surface area contributed by atoms with E-state index in [1.165, 1.54) is 18.2 Å². The second-order valence-electron chi connectivity index (χ2n) is 2.20. The van der Waals surface area contributed by atoms with Crippen molar-refractivity contribution in [1.82, 2.24) is 0 Å². The van der Waals surface area contributed by atoms with Crippen LogP contribution in [0.5, 0.6) is 0 Å². The number of halogens is 1. The molecule has 6 heteroatoms. The third-order valence-corrected chi connectivity index (χ3v) is 1.62. The molecule has 13 heavy (non-hydrogen) atoms. The molecule has 0 amide bonds. The molecule has 0 saturated carbocycles. The Hall–Kier alpha value is -1.62. The van der Waals surface area contributed by atoms with Crippen molar-refractivity contribution in [2.45, 2.75) is 0 Å². The molecule has 5 nitrogen and oxygen atoms in total. The minimum Gasteiger partial charge on any atom is -0.411 e.